The minimum Gasteiger partial charge on any atom is -0.404 e. The fraction of sp³-hybridized carbons (Fsp3) is 0. The van der Waals surface area contributed by atoms with Crippen LogP contribution in [0, 0.1) is 0 Å². The number of fused-ring (bicyclic) bond motifs is 1. The van der Waals surface area contributed by atoms with Gasteiger partial charge in [0, 0.05) is 23.6 Å². The molecule has 2 rings (SSSR count). The van der Waals surface area contributed by atoms with Crippen LogP contribution < -0.4 is 10.5 Å². The molecule has 0 aliphatic rings. The first kappa shape index (κ1) is 14.2. The van der Waals surface area contributed by atoms with Gasteiger partial charge in [-0.1, -0.05) is 18.2 Å². The summed E-state index contributed by atoms with van der Waals surface area (Å²) >= 11 is 0. The minimum atomic E-state index is -1.26. The highest BCUT2D eigenvalue weighted by molar-refractivity contribution is 5.96. The predicted octanol–water partition coefficient (Wildman–Crippen LogP) is 1.32. The number of aromatic nitrogens is 1. The normalized spacial score (nSPS) is 10.5. The van der Waals surface area contributed by atoms with E-state index in [1.807, 2.05) is 12.1 Å². The summed E-state index contributed by atoms with van der Waals surface area (Å²) in [4.78, 5) is 36.8. The van der Waals surface area contributed by atoms with Gasteiger partial charge in [0.2, 0.25) is 5.88 Å². The third kappa shape index (κ3) is 4.13. The van der Waals surface area contributed by atoms with Crippen LogP contribution in [0.3, 0.4) is 0 Å². The van der Waals surface area contributed by atoms with Crippen LogP contribution in [-0.2, 0) is 14.3 Å². The topological polar surface area (TPSA) is 109 Å². The summed E-state index contributed by atoms with van der Waals surface area (Å²) in [6.45, 7) is 0. The van der Waals surface area contributed by atoms with Crippen LogP contribution in [-0.4, -0.2) is 23.0 Å². The number of benzene rings is 1. The number of carbonyl (C=O) groups is 3. The van der Waals surface area contributed by atoms with Gasteiger partial charge in [-0.15, -0.1) is 0 Å². The smallest absolute Gasteiger partial charge is 0.404 e. The summed E-state index contributed by atoms with van der Waals surface area (Å²) < 4.78 is 8.92. The SMILES string of the molecule is NC(=O)OC(=O)/C=C/C(=O)Oc1ccc2ccccc2n1. The maximum absolute atomic E-state index is 11.5. The van der Waals surface area contributed by atoms with Crippen molar-refractivity contribution in [2.75, 3.05) is 0 Å². The molecule has 0 fully saturated rings. The third-order valence-electron chi connectivity index (χ3n) is 2.33. The molecule has 0 saturated carbocycles. The zero-order valence-corrected chi connectivity index (χ0v) is 10.7. The molecule has 0 saturated heterocycles. The highest BCUT2D eigenvalue weighted by Crippen LogP contribution is 2.16. The summed E-state index contributed by atoms with van der Waals surface area (Å²) in [5, 5.41) is 0.901. The van der Waals surface area contributed by atoms with Crippen molar-refractivity contribution >= 4 is 28.9 Å². The molecule has 106 valence electrons. The van der Waals surface area contributed by atoms with Gasteiger partial charge in [-0.25, -0.2) is 19.4 Å². The molecule has 0 aliphatic heterocycles. The maximum atomic E-state index is 11.5. The van der Waals surface area contributed by atoms with Crippen molar-refractivity contribution in [3.05, 3.63) is 48.6 Å². The number of amides is 1. The zero-order valence-electron chi connectivity index (χ0n) is 10.7. The number of rotatable bonds is 3. The van der Waals surface area contributed by atoms with E-state index < -0.39 is 18.0 Å². The summed E-state index contributed by atoms with van der Waals surface area (Å²) in [6.07, 6.45) is 0.283. The third-order valence-corrected chi connectivity index (χ3v) is 2.33. The van der Waals surface area contributed by atoms with E-state index in [1.54, 1.807) is 18.2 Å². The first-order valence-electron chi connectivity index (χ1n) is 5.81. The predicted molar refractivity (Wildman–Crippen MR) is 72.2 cm³/mol. The van der Waals surface area contributed by atoms with E-state index in [0.29, 0.717) is 5.52 Å². The summed E-state index contributed by atoms with van der Waals surface area (Å²) in [5.74, 6) is -1.81. The number of ether oxygens (including phenoxy) is 2. The quantitative estimate of drug-likeness (QED) is 0.517. The van der Waals surface area contributed by atoms with Crippen LogP contribution in [0.15, 0.2) is 48.6 Å². The van der Waals surface area contributed by atoms with Crippen molar-refractivity contribution in [1.29, 1.82) is 0 Å². The van der Waals surface area contributed by atoms with Gasteiger partial charge in [0.05, 0.1) is 5.52 Å². The second-order valence-corrected chi connectivity index (χ2v) is 3.84. The molecule has 0 radical (unpaired) electrons. The van der Waals surface area contributed by atoms with Crippen LogP contribution >= 0.6 is 0 Å². The van der Waals surface area contributed by atoms with Gasteiger partial charge < -0.3 is 15.2 Å². The Morgan fingerprint density at radius 1 is 1.00 bits per heavy atom. The maximum Gasteiger partial charge on any atom is 0.412 e. The lowest BCUT2D eigenvalue weighted by molar-refractivity contribution is -0.133. The summed E-state index contributed by atoms with van der Waals surface area (Å²) in [5.41, 5.74) is 5.30. The molecule has 0 unspecified atom stereocenters. The number of hydrogen-bond acceptors (Lipinski definition) is 6. The molecule has 0 bridgehead atoms. The average Bonchev–Trinajstić information content (AvgIpc) is 2.44. The number of nitrogens with two attached hydrogens (primary N) is 1. The van der Waals surface area contributed by atoms with E-state index in [4.69, 9.17) is 4.74 Å². The second kappa shape index (κ2) is 6.29. The molecule has 21 heavy (non-hydrogen) atoms. The standard InChI is InChI=1S/C14H10N2O5/c15-14(19)21-13(18)8-7-12(17)20-11-6-5-9-3-1-2-4-10(9)16-11/h1-8H,(H2,15,19)/b8-7+. The Balaban J connectivity index is 2.02. The van der Waals surface area contributed by atoms with Crippen molar-refractivity contribution in [2.45, 2.75) is 0 Å². The molecular weight excluding hydrogens is 276 g/mol. The summed E-state index contributed by atoms with van der Waals surface area (Å²) in [6, 6.07) is 10.6. The molecule has 0 spiro atoms. The largest absolute Gasteiger partial charge is 0.412 e. The molecule has 7 nitrogen and oxygen atoms in total. The van der Waals surface area contributed by atoms with Crippen molar-refractivity contribution in [1.82, 2.24) is 4.98 Å². The first-order valence-corrected chi connectivity index (χ1v) is 5.81. The second-order valence-electron chi connectivity index (χ2n) is 3.84. The Labute approximate surface area is 119 Å². The number of primary amides is 1. The average molecular weight is 286 g/mol. The van der Waals surface area contributed by atoms with Crippen molar-refractivity contribution in [2.24, 2.45) is 5.73 Å². The van der Waals surface area contributed by atoms with Gasteiger partial charge in [-0.3, -0.25) is 0 Å². The van der Waals surface area contributed by atoms with Crippen LogP contribution in [0.5, 0.6) is 5.88 Å². The van der Waals surface area contributed by atoms with Gasteiger partial charge in [0.15, 0.2) is 0 Å². The molecule has 1 aromatic heterocycles. The molecule has 1 heterocycles. The van der Waals surface area contributed by atoms with E-state index >= 15 is 0 Å². The number of hydrogen-bond donors (Lipinski definition) is 1. The van der Waals surface area contributed by atoms with Crippen molar-refractivity contribution in [3.63, 3.8) is 0 Å². The molecule has 1 aromatic carbocycles. The van der Waals surface area contributed by atoms with Crippen LogP contribution in [0.1, 0.15) is 0 Å². The van der Waals surface area contributed by atoms with Crippen LogP contribution in [0.4, 0.5) is 4.79 Å². The Kier molecular flexibility index (Phi) is 4.25. The lowest BCUT2D eigenvalue weighted by Gasteiger charge is -2.02. The monoisotopic (exact) mass is 286 g/mol. The van der Waals surface area contributed by atoms with E-state index in [9.17, 15) is 14.4 Å². The molecule has 1 amide bonds. The zero-order chi connectivity index (χ0) is 15.2. The fourth-order valence-corrected chi connectivity index (χ4v) is 1.51. The van der Waals surface area contributed by atoms with Gasteiger partial charge in [-0.2, -0.15) is 0 Å². The molecule has 0 atom stereocenters. The highest BCUT2D eigenvalue weighted by atomic mass is 16.6. The fourth-order valence-electron chi connectivity index (χ4n) is 1.51. The van der Waals surface area contributed by atoms with Gasteiger partial charge >= 0.3 is 18.0 Å². The number of carbonyl (C=O) groups excluding carboxylic acids is 3. The number of nitrogens with zero attached hydrogens (tertiary/aromatic N) is 1. The molecule has 0 aliphatic carbocycles. The van der Waals surface area contributed by atoms with Gasteiger partial charge in [0.25, 0.3) is 0 Å². The van der Waals surface area contributed by atoms with Crippen molar-refractivity contribution in [3.8, 4) is 5.88 Å². The number of esters is 2. The molecule has 2 N–H and O–H groups in total. The summed E-state index contributed by atoms with van der Waals surface area (Å²) in [7, 11) is 0. The molecule has 7 heteroatoms. The van der Waals surface area contributed by atoms with Gasteiger partial charge in [-0.05, 0) is 12.1 Å². The number of para-hydroxylation sites is 1. The van der Waals surface area contributed by atoms with Crippen LogP contribution in [0.2, 0.25) is 0 Å². The Morgan fingerprint density at radius 3 is 2.48 bits per heavy atom. The molecular formula is C14H10N2O5. The Hall–Kier alpha value is -3.22. The van der Waals surface area contributed by atoms with Crippen molar-refractivity contribution < 1.29 is 23.9 Å². The Morgan fingerprint density at radius 2 is 1.71 bits per heavy atom. The van der Waals surface area contributed by atoms with E-state index in [2.05, 4.69) is 15.5 Å². The van der Waals surface area contributed by atoms with E-state index in [0.717, 1.165) is 17.5 Å². The highest BCUT2D eigenvalue weighted by Gasteiger charge is 2.06. The first-order chi connectivity index (χ1) is 10.0. The number of pyridine rings is 1. The Bertz CT molecular complexity index is 739. The lowest BCUT2D eigenvalue weighted by Crippen LogP contribution is -2.17. The van der Waals surface area contributed by atoms with Crippen LogP contribution in [0.25, 0.3) is 10.9 Å². The van der Waals surface area contributed by atoms with E-state index in [-0.39, 0.29) is 5.88 Å². The lowest BCUT2D eigenvalue weighted by atomic mass is 10.2. The van der Waals surface area contributed by atoms with E-state index in [1.165, 1.54) is 6.07 Å². The van der Waals surface area contributed by atoms with Gasteiger partial charge in [0.1, 0.15) is 0 Å². The minimum absolute atomic E-state index is 0.0895. The molecule has 2 aromatic rings.